The fourth-order valence-corrected chi connectivity index (χ4v) is 3.34. The summed E-state index contributed by atoms with van der Waals surface area (Å²) in [6.07, 6.45) is 0. The highest BCUT2D eigenvalue weighted by atomic mass is 79.9. The molecule has 2 amide bonds. The largest absolute Gasteiger partial charge is 0.503 e. The lowest BCUT2D eigenvalue weighted by Gasteiger charge is -2.29. The third-order valence-electron chi connectivity index (χ3n) is 3.47. The van der Waals surface area contributed by atoms with Crippen molar-refractivity contribution in [3.8, 4) is 11.5 Å². The molecule has 0 saturated carbocycles. The molecule has 0 bridgehead atoms. The maximum absolute atomic E-state index is 12.3. The van der Waals surface area contributed by atoms with Gasteiger partial charge in [-0.2, -0.15) is 0 Å². The zero-order valence-corrected chi connectivity index (χ0v) is 16.4. The number of halogens is 2. The van der Waals surface area contributed by atoms with Crippen LogP contribution in [0.1, 0.15) is 25.5 Å². The molecule has 1 atom stereocenters. The Kier molecular flexibility index (Phi) is 5.76. The van der Waals surface area contributed by atoms with Gasteiger partial charge in [0.15, 0.2) is 11.5 Å². The van der Waals surface area contributed by atoms with Crippen LogP contribution in [-0.2, 0) is 9.53 Å². The molecular formula is C15H16Br2N2O5. The van der Waals surface area contributed by atoms with Gasteiger partial charge in [0.25, 0.3) is 0 Å². The Hall–Kier alpha value is -1.74. The number of aromatic hydroxyl groups is 1. The van der Waals surface area contributed by atoms with Gasteiger partial charge in [0, 0.05) is 10.2 Å². The second-order valence-corrected chi connectivity index (χ2v) is 6.52. The van der Waals surface area contributed by atoms with E-state index in [2.05, 4.69) is 42.5 Å². The summed E-state index contributed by atoms with van der Waals surface area (Å²) in [7, 11) is 1.41. The third kappa shape index (κ3) is 3.36. The van der Waals surface area contributed by atoms with Crippen molar-refractivity contribution >= 4 is 43.9 Å². The van der Waals surface area contributed by atoms with Gasteiger partial charge >= 0.3 is 12.0 Å². The van der Waals surface area contributed by atoms with Crippen LogP contribution in [-0.4, -0.2) is 30.8 Å². The standard InChI is InChI=1S/C15H16Br2N2O5/c1-4-24-14(21)9-6(2)18-15(22)19-12(9)7-5-8(23-3)13(20)11(17)10(7)16/h5,12,20H,4H2,1-3H3,(H2,18,19,22)/t12-/m0/s1. The highest BCUT2D eigenvalue weighted by molar-refractivity contribution is 9.13. The van der Waals surface area contributed by atoms with Gasteiger partial charge in [-0.05, 0) is 57.3 Å². The van der Waals surface area contributed by atoms with Gasteiger partial charge in [0.05, 0.1) is 29.8 Å². The van der Waals surface area contributed by atoms with Gasteiger partial charge in [0.1, 0.15) is 0 Å². The average Bonchev–Trinajstić information content (AvgIpc) is 2.52. The SMILES string of the molecule is CCOC(=O)C1=C(C)NC(=O)N[C@H]1c1cc(OC)c(O)c(Br)c1Br. The van der Waals surface area contributed by atoms with Crippen LogP contribution >= 0.6 is 31.9 Å². The first-order chi connectivity index (χ1) is 11.3. The summed E-state index contributed by atoms with van der Waals surface area (Å²) < 4.78 is 11.1. The Balaban J connectivity index is 2.64. The molecule has 0 aromatic heterocycles. The molecule has 1 aromatic carbocycles. The lowest BCUT2D eigenvalue weighted by molar-refractivity contribution is -0.139. The van der Waals surface area contributed by atoms with Gasteiger partial charge in [-0.1, -0.05) is 0 Å². The fourth-order valence-electron chi connectivity index (χ4n) is 2.38. The molecule has 9 heteroatoms. The summed E-state index contributed by atoms with van der Waals surface area (Å²) in [5.74, 6) is -0.428. The first-order valence-corrected chi connectivity index (χ1v) is 8.60. The number of carbonyl (C=O) groups is 2. The first kappa shape index (κ1) is 18.6. The third-order valence-corrected chi connectivity index (χ3v) is 5.63. The topological polar surface area (TPSA) is 96.9 Å². The summed E-state index contributed by atoms with van der Waals surface area (Å²) in [4.78, 5) is 24.2. The van der Waals surface area contributed by atoms with E-state index in [0.717, 1.165) is 0 Å². The number of carbonyl (C=O) groups excluding carboxylic acids is 2. The number of esters is 1. The number of rotatable bonds is 4. The molecule has 1 aromatic rings. The maximum Gasteiger partial charge on any atom is 0.338 e. The molecule has 0 aliphatic carbocycles. The lowest BCUT2D eigenvalue weighted by atomic mass is 9.95. The number of hydrogen-bond donors (Lipinski definition) is 3. The van der Waals surface area contributed by atoms with E-state index in [-0.39, 0.29) is 23.7 Å². The summed E-state index contributed by atoms with van der Waals surface area (Å²) in [6, 6.07) is 0.339. The normalized spacial score (nSPS) is 17.2. The number of amides is 2. The number of phenolic OH excluding ortho intramolecular Hbond substituents is 1. The molecule has 0 saturated heterocycles. The first-order valence-electron chi connectivity index (χ1n) is 7.02. The zero-order chi connectivity index (χ0) is 18.0. The Morgan fingerprint density at radius 1 is 1.38 bits per heavy atom. The van der Waals surface area contributed by atoms with E-state index in [9.17, 15) is 14.7 Å². The minimum Gasteiger partial charge on any atom is -0.503 e. The molecule has 7 nitrogen and oxygen atoms in total. The Labute approximate surface area is 155 Å². The Morgan fingerprint density at radius 2 is 2.04 bits per heavy atom. The molecule has 0 radical (unpaired) electrons. The van der Waals surface area contributed by atoms with Crippen molar-refractivity contribution in [3.63, 3.8) is 0 Å². The number of hydrogen-bond acceptors (Lipinski definition) is 5. The van der Waals surface area contributed by atoms with E-state index in [0.29, 0.717) is 20.2 Å². The van der Waals surface area contributed by atoms with Crippen LogP contribution in [0.2, 0.25) is 0 Å². The smallest absolute Gasteiger partial charge is 0.338 e. The number of benzene rings is 1. The number of nitrogens with one attached hydrogen (secondary N) is 2. The predicted octanol–water partition coefficient (Wildman–Crippen LogP) is 3.12. The minimum atomic E-state index is -0.766. The van der Waals surface area contributed by atoms with Crippen LogP contribution in [0.4, 0.5) is 4.79 Å². The van der Waals surface area contributed by atoms with Crippen molar-refractivity contribution in [2.24, 2.45) is 0 Å². The van der Waals surface area contributed by atoms with Crippen LogP contribution in [0.25, 0.3) is 0 Å². The van der Waals surface area contributed by atoms with Crippen LogP contribution in [0, 0.1) is 0 Å². The maximum atomic E-state index is 12.3. The summed E-state index contributed by atoms with van der Waals surface area (Å²) >= 11 is 6.65. The lowest BCUT2D eigenvalue weighted by Crippen LogP contribution is -2.45. The highest BCUT2D eigenvalue weighted by Crippen LogP contribution is 2.45. The van der Waals surface area contributed by atoms with Crippen molar-refractivity contribution in [1.82, 2.24) is 10.6 Å². The molecule has 24 heavy (non-hydrogen) atoms. The van der Waals surface area contributed by atoms with Crippen LogP contribution in [0.15, 0.2) is 26.3 Å². The highest BCUT2D eigenvalue weighted by Gasteiger charge is 2.34. The number of urea groups is 1. The average molecular weight is 464 g/mol. The molecule has 0 spiro atoms. The quantitative estimate of drug-likeness (QED) is 0.596. The molecule has 1 heterocycles. The molecule has 1 aliphatic heterocycles. The van der Waals surface area contributed by atoms with Crippen LogP contribution < -0.4 is 15.4 Å². The van der Waals surface area contributed by atoms with Crippen molar-refractivity contribution < 1.29 is 24.2 Å². The number of methoxy groups -OCH3 is 1. The molecule has 3 N–H and O–H groups in total. The van der Waals surface area contributed by atoms with Crippen LogP contribution in [0.5, 0.6) is 11.5 Å². The molecule has 130 valence electrons. The predicted molar refractivity (Wildman–Crippen MR) is 93.8 cm³/mol. The van der Waals surface area contributed by atoms with Crippen molar-refractivity contribution in [2.75, 3.05) is 13.7 Å². The summed E-state index contributed by atoms with van der Waals surface area (Å²) in [5.41, 5.74) is 1.21. The minimum absolute atomic E-state index is 0.0910. The monoisotopic (exact) mass is 462 g/mol. The Bertz CT molecular complexity index is 733. The van der Waals surface area contributed by atoms with Gasteiger partial charge in [-0.25, -0.2) is 9.59 Å². The number of phenols is 1. The number of allylic oxidation sites excluding steroid dienone is 1. The molecular weight excluding hydrogens is 448 g/mol. The van der Waals surface area contributed by atoms with Gasteiger partial charge < -0.3 is 25.2 Å². The number of ether oxygens (including phenoxy) is 2. The van der Waals surface area contributed by atoms with Crippen molar-refractivity contribution in [2.45, 2.75) is 19.9 Å². The van der Waals surface area contributed by atoms with E-state index in [1.165, 1.54) is 7.11 Å². The molecule has 1 aliphatic rings. The summed E-state index contributed by atoms with van der Waals surface area (Å²) in [5, 5.41) is 15.3. The van der Waals surface area contributed by atoms with Crippen LogP contribution in [0.3, 0.4) is 0 Å². The van der Waals surface area contributed by atoms with E-state index < -0.39 is 18.0 Å². The van der Waals surface area contributed by atoms with Gasteiger partial charge in [-0.15, -0.1) is 0 Å². The second-order valence-electron chi connectivity index (χ2n) is 4.94. The van der Waals surface area contributed by atoms with E-state index in [4.69, 9.17) is 9.47 Å². The van der Waals surface area contributed by atoms with E-state index >= 15 is 0 Å². The van der Waals surface area contributed by atoms with Crippen molar-refractivity contribution in [1.29, 1.82) is 0 Å². The zero-order valence-electron chi connectivity index (χ0n) is 13.2. The molecule has 0 unspecified atom stereocenters. The fraction of sp³-hybridized carbons (Fsp3) is 0.333. The van der Waals surface area contributed by atoms with Gasteiger partial charge in [-0.3, -0.25) is 0 Å². The van der Waals surface area contributed by atoms with E-state index in [1.54, 1.807) is 19.9 Å². The van der Waals surface area contributed by atoms with Crippen molar-refractivity contribution in [3.05, 3.63) is 31.8 Å². The molecule has 2 rings (SSSR count). The molecule has 0 fully saturated rings. The second kappa shape index (κ2) is 7.43. The van der Waals surface area contributed by atoms with Gasteiger partial charge in [0.2, 0.25) is 0 Å². The van der Waals surface area contributed by atoms with E-state index in [1.807, 2.05) is 0 Å². The Morgan fingerprint density at radius 3 is 2.62 bits per heavy atom. The summed E-state index contributed by atoms with van der Waals surface area (Å²) in [6.45, 7) is 3.53.